The van der Waals surface area contributed by atoms with Crippen LogP contribution in [0.5, 0.6) is 0 Å². The normalized spacial score (nSPS) is 18.1. The van der Waals surface area contributed by atoms with Crippen LogP contribution in [0.15, 0.2) is 47.0 Å². The van der Waals surface area contributed by atoms with Crippen molar-refractivity contribution in [2.75, 3.05) is 0 Å². The van der Waals surface area contributed by atoms with E-state index in [4.69, 9.17) is 5.79 Å². The molecule has 0 radical (unpaired) electrons. The third-order valence-electron chi connectivity index (χ3n) is 7.78. The number of hydrogen-bond acceptors (Lipinski definition) is 1. The third kappa shape index (κ3) is 3.03. The Labute approximate surface area is 193 Å². The van der Waals surface area contributed by atoms with E-state index in [1.54, 1.807) is 0 Å². The van der Waals surface area contributed by atoms with E-state index in [0.29, 0.717) is 0 Å². The zero-order chi connectivity index (χ0) is 23.9. The van der Waals surface area contributed by atoms with Crippen molar-refractivity contribution in [3.8, 4) is 11.3 Å². The van der Waals surface area contributed by atoms with Gasteiger partial charge in [0.25, 0.3) is 0 Å². The number of aryl methyl sites for hydroxylation is 2. The molecule has 0 saturated carbocycles. The largest absolute Gasteiger partial charge is 0.455 e. The first-order valence-electron chi connectivity index (χ1n) is 12.3. The highest BCUT2D eigenvalue weighted by Crippen LogP contribution is 2.51. The molecular weight excluding hydrogens is 390 g/mol. The number of aromatic nitrogens is 1. The maximum Gasteiger partial charge on any atom is 0.216 e. The topological polar surface area (TPSA) is 17.0 Å². The van der Waals surface area contributed by atoms with E-state index in [0.717, 1.165) is 28.0 Å². The minimum absolute atomic E-state index is 0.103. The molecular formula is C30H36NO+. The van der Waals surface area contributed by atoms with Crippen molar-refractivity contribution in [3.63, 3.8) is 0 Å². The molecule has 166 valence electrons. The van der Waals surface area contributed by atoms with E-state index >= 15 is 0 Å². The van der Waals surface area contributed by atoms with Crippen molar-refractivity contribution in [2.45, 2.75) is 78.0 Å². The summed E-state index contributed by atoms with van der Waals surface area (Å²) in [6.45, 7) is 15.6. The molecule has 2 aromatic heterocycles. The van der Waals surface area contributed by atoms with Gasteiger partial charge in [0, 0.05) is 24.3 Å². The number of nitrogens with zero attached hydrogens (tertiary/aromatic N) is 1. The summed E-state index contributed by atoms with van der Waals surface area (Å²) in [4.78, 5) is 0. The zero-order valence-corrected chi connectivity index (χ0v) is 20.8. The monoisotopic (exact) mass is 427 g/mol. The lowest BCUT2D eigenvalue weighted by Gasteiger charge is -2.42. The molecule has 0 N–H and O–H groups in total. The van der Waals surface area contributed by atoms with Gasteiger partial charge >= 0.3 is 0 Å². The zero-order valence-electron chi connectivity index (χ0n) is 21.8. The lowest BCUT2D eigenvalue weighted by Crippen LogP contribution is -2.33. The Hall–Kier alpha value is -2.61. The molecule has 2 heterocycles. The first-order valence-corrected chi connectivity index (χ1v) is 11.8. The maximum atomic E-state index is 8.56. The Morgan fingerprint density at radius 2 is 1.72 bits per heavy atom. The van der Waals surface area contributed by atoms with Gasteiger partial charge in [-0.3, -0.25) is 0 Å². The molecule has 1 aliphatic rings. The summed E-state index contributed by atoms with van der Waals surface area (Å²) in [5.41, 5.74) is 9.50. The predicted molar refractivity (Wildman–Crippen MR) is 134 cm³/mol. The van der Waals surface area contributed by atoms with Crippen LogP contribution in [0.25, 0.3) is 33.2 Å². The average Bonchev–Trinajstić information content (AvgIpc) is 3.09. The van der Waals surface area contributed by atoms with Gasteiger partial charge in [0.05, 0.1) is 5.56 Å². The summed E-state index contributed by atoms with van der Waals surface area (Å²) in [7, 11) is 2.07. The van der Waals surface area contributed by atoms with Crippen LogP contribution >= 0.6 is 0 Å². The standard InChI is InChI=1S/C30H36NO/c1-18(2)20-13-16-31(8)23(17-20)25-19(3)9-10-21-26-24(32-28(21)25)12-11-22-27(26)30(6,7)15-14-29(22,4)5/h9-13,16-18H,14-15H2,1-8H3/q+1/i18D. The van der Waals surface area contributed by atoms with Crippen molar-refractivity contribution in [1.29, 1.82) is 0 Å². The molecule has 2 aromatic carbocycles. The Balaban J connectivity index is 1.89. The van der Waals surface area contributed by atoms with Crippen LogP contribution in [0.4, 0.5) is 0 Å². The quantitative estimate of drug-likeness (QED) is 0.298. The Bertz CT molecular complexity index is 1420. The first-order chi connectivity index (χ1) is 15.3. The molecule has 5 rings (SSSR count). The number of rotatable bonds is 2. The van der Waals surface area contributed by atoms with Gasteiger partial charge in [-0.25, -0.2) is 4.57 Å². The van der Waals surface area contributed by atoms with Crippen LogP contribution in [-0.4, -0.2) is 0 Å². The number of fused-ring (bicyclic) bond motifs is 5. The molecule has 4 aromatic rings. The van der Waals surface area contributed by atoms with Crippen LogP contribution in [0.3, 0.4) is 0 Å². The van der Waals surface area contributed by atoms with E-state index in [-0.39, 0.29) is 10.8 Å². The van der Waals surface area contributed by atoms with Crippen molar-refractivity contribution in [3.05, 3.63) is 64.8 Å². The Kier molecular flexibility index (Phi) is 4.35. The fourth-order valence-electron chi connectivity index (χ4n) is 5.63. The average molecular weight is 428 g/mol. The van der Waals surface area contributed by atoms with Crippen molar-refractivity contribution < 1.29 is 10.4 Å². The van der Waals surface area contributed by atoms with Gasteiger partial charge in [-0.05, 0) is 64.8 Å². The van der Waals surface area contributed by atoms with Crippen LogP contribution in [-0.2, 0) is 17.9 Å². The minimum atomic E-state index is -0.659. The van der Waals surface area contributed by atoms with Crippen molar-refractivity contribution in [1.82, 2.24) is 0 Å². The number of furan rings is 1. The molecule has 2 heteroatoms. The molecule has 0 amide bonds. The van der Waals surface area contributed by atoms with Crippen molar-refractivity contribution in [2.24, 2.45) is 7.05 Å². The van der Waals surface area contributed by atoms with E-state index in [2.05, 4.69) is 82.8 Å². The second-order valence-corrected chi connectivity index (χ2v) is 11.3. The lowest BCUT2D eigenvalue weighted by molar-refractivity contribution is -0.660. The third-order valence-corrected chi connectivity index (χ3v) is 7.78. The molecule has 0 fully saturated rings. The minimum Gasteiger partial charge on any atom is -0.455 e. The molecule has 32 heavy (non-hydrogen) atoms. The summed E-state index contributed by atoms with van der Waals surface area (Å²) in [6.07, 6.45) is 4.44. The fourth-order valence-corrected chi connectivity index (χ4v) is 5.63. The first kappa shape index (κ1) is 20.0. The van der Waals surface area contributed by atoms with Crippen LogP contribution in [0.2, 0.25) is 0 Å². The predicted octanol–water partition coefficient (Wildman–Crippen LogP) is 7.86. The Morgan fingerprint density at radius 1 is 1.00 bits per heavy atom. The number of benzene rings is 2. The molecule has 0 bridgehead atoms. The molecule has 0 atom stereocenters. The number of hydrogen-bond donors (Lipinski definition) is 0. The lowest BCUT2D eigenvalue weighted by atomic mass is 9.62. The summed E-state index contributed by atoms with van der Waals surface area (Å²) in [6, 6.07) is 13.2. The van der Waals surface area contributed by atoms with E-state index in [1.807, 2.05) is 19.9 Å². The SMILES string of the molecule is [2H]C(C)(C)c1cc[n+](C)c(-c2c(C)ccc3c2oc2ccc4c(c23)C(C)(C)CCC4(C)C)c1. The maximum absolute atomic E-state index is 8.56. The highest BCUT2D eigenvalue weighted by molar-refractivity contribution is 6.12. The molecule has 2 nitrogen and oxygen atoms in total. The van der Waals surface area contributed by atoms with Crippen LogP contribution in [0, 0.1) is 6.92 Å². The highest BCUT2D eigenvalue weighted by Gasteiger charge is 2.39. The van der Waals surface area contributed by atoms with Gasteiger partial charge in [-0.2, -0.15) is 0 Å². The summed E-state index contributed by atoms with van der Waals surface area (Å²) >= 11 is 0. The van der Waals surface area contributed by atoms with Gasteiger partial charge in [0.2, 0.25) is 5.69 Å². The van der Waals surface area contributed by atoms with Crippen molar-refractivity contribution >= 4 is 21.9 Å². The molecule has 1 aliphatic carbocycles. The van der Waals surface area contributed by atoms with E-state index in [1.165, 1.54) is 40.3 Å². The molecule has 0 saturated heterocycles. The van der Waals surface area contributed by atoms with Crippen LogP contribution < -0.4 is 4.57 Å². The summed E-state index contributed by atoms with van der Waals surface area (Å²) in [5, 5.41) is 2.48. The highest BCUT2D eigenvalue weighted by atomic mass is 16.3. The van der Waals surface area contributed by atoms with E-state index in [9.17, 15) is 0 Å². The second kappa shape index (κ2) is 6.94. The molecule has 0 spiro atoms. The van der Waals surface area contributed by atoms with Gasteiger partial charge in [0.15, 0.2) is 6.20 Å². The number of pyridine rings is 1. The van der Waals surface area contributed by atoms with Gasteiger partial charge in [-0.15, -0.1) is 0 Å². The summed E-state index contributed by atoms with van der Waals surface area (Å²) < 4.78 is 17.4. The molecule has 0 aliphatic heterocycles. The second-order valence-electron chi connectivity index (χ2n) is 11.3. The Morgan fingerprint density at radius 3 is 2.44 bits per heavy atom. The smallest absolute Gasteiger partial charge is 0.216 e. The van der Waals surface area contributed by atoms with E-state index < -0.39 is 5.89 Å². The van der Waals surface area contributed by atoms with Crippen LogP contribution in [0.1, 0.15) is 83.9 Å². The van der Waals surface area contributed by atoms with Gasteiger partial charge in [-0.1, -0.05) is 59.7 Å². The summed E-state index contributed by atoms with van der Waals surface area (Å²) in [5.74, 6) is -0.659. The fraction of sp³-hybridized carbons (Fsp3) is 0.433. The van der Waals surface area contributed by atoms with Gasteiger partial charge < -0.3 is 4.42 Å². The molecule has 0 unspecified atom stereocenters. The van der Waals surface area contributed by atoms with Gasteiger partial charge in [0.1, 0.15) is 18.2 Å².